The molecule has 1 N–H and O–H groups in total. The first-order valence-corrected chi connectivity index (χ1v) is 6.25. The van der Waals surface area contributed by atoms with Gasteiger partial charge in [0.15, 0.2) is 0 Å². The molecule has 0 saturated heterocycles. The molecule has 1 rings (SSSR count). The molecule has 1 aromatic rings. The molecule has 0 amide bonds. The number of rotatable bonds is 6. The Balaban J connectivity index is 2.49. The van der Waals surface area contributed by atoms with Gasteiger partial charge in [0.25, 0.3) is 0 Å². The van der Waals surface area contributed by atoms with Crippen LogP contribution in [0.25, 0.3) is 0 Å². The summed E-state index contributed by atoms with van der Waals surface area (Å²) in [7, 11) is 0. The molecule has 0 heterocycles. The van der Waals surface area contributed by atoms with E-state index < -0.39 is 5.97 Å². The number of carbonyl (C=O) groups is 1. The van der Waals surface area contributed by atoms with Crippen LogP contribution in [0.1, 0.15) is 38.3 Å². The summed E-state index contributed by atoms with van der Waals surface area (Å²) in [5.41, 5.74) is 2.06. The van der Waals surface area contributed by atoms with E-state index in [9.17, 15) is 4.79 Å². The first-order valence-electron chi connectivity index (χ1n) is 6.25. The molecule has 0 spiro atoms. The molecule has 0 unspecified atom stereocenters. The van der Waals surface area contributed by atoms with E-state index >= 15 is 0 Å². The van der Waals surface area contributed by atoms with Crippen LogP contribution in [-0.2, 0) is 22.6 Å². The summed E-state index contributed by atoms with van der Waals surface area (Å²) in [6.07, 6.45) is 1.05. The fraction of sp³-hybridized carbons (Fsp3) is 0.533. The van der Waals surface area contributed by atoms with Crippen molar-refractivity contribution in [1.29, 1.82) is 0 Å². The van der Waals surface area contributed by atoms with Crippen LogP contribution in [0.5, 0.6) is 0 Å². The smallest absolute Gasteiger partial charge is 0.307 e. The van der Waals surface area contributed by atoms with Crippen LogP contribution >= 0.6 is 0 Å². The normalized spacial score (nSPS) is 11.5. The van der Waals surface area contributed by atoms with E-state index in [-0.39, 0.29) is 11.8 Å². The third-order valence-corrected chi connectivity index (χ3v) is 2.71. The van der Waals surface area contributed by atoms with Crippen molar-refractivity contribution in [2.75, 3.05) is 6.61 Å². The summed E-state index contributed by atoms with van der Waals surface area (Å²) in [6.45, 7) is 7.71. The van der Waals surface area contributed by atoms with Gasteiger partial charge in [0.05, 0.1) is 13.0 Å². The second-order valence-electron chi connectivity index (χ2n) is 5.70. The second-order valence-corrected chi connectivity index (χ2v) is 5.70. The van der Waals surface area contributed by atoms with E-state index in [0.29, 0.717) is 13.2 Å². The molecule has 0 bridgehead atoms. The maximum absolute atomic E-state index is 10.7. The van der Waals surface area contributed by atoms with Crippen molar-refractivity contribution in [3.8, 4) is 0 Å². The van der Waals surface area contributed by atoms with Gasteiger partial charge in [0, 0.05) is 6.61 Å². The van der Waals surface area contributed by atoms with Gasteiger partial charge in [-0.2, -0.15) is 0 Å². The zero-order valence-corrected chi connectivity index (χ0v) is 11.4. The lowest BCUT2D eigenvalue weighted by Gasteiger charge is -2.18. The van der Waals surface area contributed by atoms with Crippen molar-refractivity contribution >= 4 is 5.97 Å². The van der Waals surface area contributed by atoms with E-state index in [1.54, 1.807) is 0 Å². The molecule has 0 aliphatic carbocycles. The fourth-order valence-electron chi connectivity index (χ4n) is 1.59. The van der Waals surface area contributed by atoms with E-state index in [4.69, 9.17) is 9.84 Å². The minimum absolute atomic E-state index is 0.0544. The number of benzene rings is 1. The Hall–Kier alpha value is -1.35. The van der Waals surface area contributed by atoms with Gasteiger partial charge in [-0.25, -0.2) is 0 Å². The van der Waals surface area contributed by atoms with Crippen LogP contribution in [0.4, 0.5) is 0 Å². The molecule has 0 atom stereocenters. The number of hydrogen-bond acceptors (Lipinski definition) is 2. The molecule has 100 valence electrons. The quantitative estimate of drug-likeness (QED) is 0.788. The molecule has 0 saturated carbocycles. The third kappa shape index (κ3) is 5.82. The molecule has 3 nitrogen and oxygen atoms in total. The Labute approximate surface area is 109 Å². The average Bonchev–Trinajstić information content (AvgIpc) is 2.24. The van der Waals surface area contributed by atoms with Gasteiger partial charge >= 0.3 is 5.97 Å². The van der Waals surface area contributed by atoms with Crippen LogP contribution in [0.2, 0.25) is 0 Å². The van der Waals surface area contributed by atoms with Crippen LogP contribution in [0.3, 0.4) is 0 Å². The maximum atomic E-state index is 10.7. The molecule has 0 aromatic heterocycles. The molecular weight excluding hydrogens is 228 g/mol. The van der Waals surface area contributed by atoms with E-state index in [2.05, 4.69) is 20.8 Å². The summed E-state index contributed by atoms with van der Waals surface area (Å²) in [4.78, 5) is 10.7. The summed E-state index contributed by atoms with van der Waals surface area (Å²) >= 11 is 0. The lowest BCUT2D eigenvalue weighted by molar-refractivity contribution is -0.136. The number of carboxylic acids is 1. The molecule has 1 aromatic carbocycles. The van der Waals surface area contributed by atoms with Gasteiger partial charge in [0.2, 0.25) is 0 Å². The van der Waals surface area contributed by atoms with E-state index in [0.717, 1.165) is 17.5 Å². The van der Waals surface area contributed by atoms with Gasteiger partial charge in [-0.15, -0.1) is 0 Å². The van der Waals surface area contributed by atoms with Crippen molar-refractivity contribution in [2.45, 2.75) is 40.2 Å². The predicted molar refractivity (Wildman–Crippen MR) is 71.5 cm³/mol. The van der Waals surface area contributed by atoms with Crippen molar-refractivity contribution < 1.29 is 14.6 Å². The Bertz CT molecular complexity index is 391. The fourth-order valence-corrected chi connectivity index (χ4v) is 1.59. The average molecular weight is 250 g/mol. The standard InChI is InChI=1S/C15H22O3/c1-15(2,3)8-9-18-11-13-7-5-4-6-12(13)10-14(16)17/h4-7H,8-11H2,1-3H3,(H,16,17). The van der Waals surface area contributed by atoms with Gasteiger partial charge in [-0.1, -0.05) is 45.0 Å². The molecule has 0 radical (unpaired) electrons. The summed E-state index contributed by atoms with van der Waals surface area (Å²) < 4.78 is 5.63. The largest absolute Gasteiger partial charge is 0.481 e. The molecule has 0 fully saturated rings. The first kappa shape index (κ1) is 14.7. The van der Waals surface area contributed by atoms with Crippen LogP contribution in [-0.4, -0.2) is 17.7 Å². The van der Waals surface area contributed by atoms with Crippen molar-refractivity contribution in [3.63, 3.8) is 0 Å². The van der Waals surface area contributed by atoms with Crippen molar-refractivity contribution in [3.05, 3.63) is 35.4 Å². The van der Waals surface area contributed by atoms with Crippen molar-refractivity contribution in [2.24, 2.45) is 5.41 Å². The minimum atomic E-state index is -0.808. The molecule has 3 heteroatoms. The highest BCUT2D eigenvalue weighted by Crippen LogP contribution is 2.19. The summed E-state index contributed by atoms with van der Waals surface area (Å²) in [6, 6.07) is 7.54. The Morgan fingerprint density at radius 2 is 1.83 bits per heavy atom. The van der Waals surface area contributed by atoms with Crippen LogP contribution in [0, 0.1) is 5.41 Å². The highest BCUT2D eigenvalue weighted by molar-refractivity contribution is 5.70. The van der Waals surface area contributed by atoms with E-state index in [1.165, 1.54) is 0 Å². The summed E-state index contributed by atoms with van der Waals surface area (Å²) in [5, 5.41) is 8.83. The SMILES string of the molecule is CC(C)(C)CCOCc1ccccc1CC(=O)O. The van der Waals surface area contributed by atoms with E-state index in [1.807, 2.05) is 24.3 Å². The van der Waals surface area contributed by atoms with Crippen molar-refractivity contribution in [1.82, 2.24) is 0 Å². The second kappa shape index (κ2) is 6.55. The Morgan fingerprint density at radius 1 is 1.22 bits per heavy atom. The lowest BCUT2D eigenvalue weighted by atomic mass is 9.93. The van der Waals surface area contributed by atoms with Gasteiger partial charge < -0.3 is 9.84 Å². The Morgan fingerprint density at radius 3 is 2.39 bits per heavy atom. The monoisotopic (exact) mass is 250 g/mol. The Kier molecular flexibility index (Phi) is 5.35. The lowest BCUT2D eigenvalue weighted by Crippen LogP contribution is -2.10. The predicted octanol–water partition coefficient (Wildman–Crippen LogP) is 3.27. The zero-order chi connectivity index (χ0) is 13.6. The van der Waals surface area contributed by atoms with Crippen LogP contribution < -0.4 is 0 Å². The summed E-state index contributed by atoms with van der Waals surface area (Å²) in [5.74, 6) is -0.808. The van der Waals surface area contributed by atoms with Gasteiger partial charge in [-0.05, 0) is 23.0 Å². The van der Waals surface area contributed by atoms with Gasteiger partial charge in [-0.3, -0.25) is 4.79 Å². The highest BCUT2D eigenvalue weighted by atomic mass is 16.5. The molecule has 0 aliphatic heterocycles. The van der Waals surface area contributed by atoms with Gasteiger partial charge in [0.1, 0.15) is 0 Å². The minimum Gasteiger partial charge on any atom is -0.481 e. The molecular formula is C15H22O3. The molecule has 0 aliphatic rings. The first-order chi connectivity index (χ1) is 8.38. The number of carboxylic acid groups (broad SMARTS) is 1. The highest BCUT2D eigenvalue weighted by Gasteiger charge is 2.10. The number of hydrogen-bond donors (Lipinski definition) is 1. The topological polar surface area (TPSA) is 46.5 Å². The number of ether oxygens (including phenoxy) is 1. The van der Waals surface area contributed by atoms with Crippen LogP contribution in [0.15, 0.2) is 24.3 Å². The number of aliphatic carboxylic acids is 1. The molecule has 18 heavy (non-hydrogen) atoms. The zero-order valence-electron chi connectivity index (χ0n) is 11.4. The maximum Gasteiger partial charge on any atom is 0.307 e. The third-order valence-electron chi connectivity index (χ3n) is 2.71.